The lowest BCUT2D eigenvalue weighted by Gasteiger charge is -2.31. The molecular weight excluding hydrogens is 492 g/mol. The molecule has 0 N–H and O–H groups in total. The van der Waals surface area contributed by atoms with Gasteiger partial charge in [0.15, 0.2) is 0 Å². The topological polar surface area (TPSA) is 46.2 Å². The Bertz CT molecular complexity index is 734. The average molecular weight is 518 g/mol. The molecule has 0 aromatic heterocycles. The Balaban J connectivity index is 1.55. The van der Waals surface area contributed by atoms with E-state index in [9.17, 15) is 0 Å². The Morgan fingerprint density at radius 3 is 2.14 bits per heavy atom. The van der Waals surface area contributed by atoms with Gasteiger partial charge in [-0.2, -0.15) is 0 Å². The molecule has 2 aromatic rings. The van der Waals surface area contributed by atoms with E-state index in [4.69, 9.17) is 23.7 Å². The zero-order valence-electron chi connectivity index (χ0n) is 15.8. The maximum absolute atomic E-state index is 5.98. The van der Waals surface area contributed by atoms with E-state index in [1.54, 1.807) is 0 Å². The zero-order valence-corrected chi connectivity index (χ0v) is 19.0. The molecule has 1 fully saturated rings. The summed E-state index contributed by atoms with van der Waals surface area (Å²) >= 11 is 6.88. The summed E-state index contributed by atoms with van der Waals surface area (Å²) in [5, 5.41) is 2.87. The summed E-state index contributed by atoms with van der Waals surface area (Å²) in [4.78, 5) is 0. The molecule has 1 heterocycles. The van der Waals surface area contributed by atoms with Gasteiger partial charge in [0.05, 0.1) is 26.4 Å². The summed E-state index contributed by atoms with van der Waals surface area (Å²) in [5.41, 5.74) is 0. The molecule has 1 atom stereocenters. The van der Waals surface area contributed by atoms with E-state index in [1.807, 2.05) is 36.4 Å². The summed E-state index contributed by atoms with van der Waals surface area (Å²) < 4.78 is 28.2. The van der Waals surface area contributed by atoms with Crippen LogP contribution in [-0.4, -0.2) is 49.7 Å². The van der Waals surface area contributed by atoms with Crippen molar-refractivity contribution in [1.29, 1.82) is 0 Å². The van der Waals surface area contributed by atoms with Crippen LogP contribution in [0.15, 0.2) is 36.4 Å². The maximum Gasteiger partial charge on any atom is 0.226 e. The first-order valence-corrected chi connectivity index (χ1v) is 11.5. The van der Waals surface area contributed by atoms with Gasteiger partial charge in [-0.1, -0.05) is 40.2 Å². The third-order valence-corrected chi connectivity index (χ3v) is 5.57. The van der Waals surface area contributed by atoms with Gasteiger partial charge in [0.25, 0.3) is 0 Å². The van der Waals surface area contributed by atoms with E-state index < -0.39 is 4.70 Å². The van der Waals surface area contributed by atoms with Crippen molar-refractivity contribution in [3.63, 3.8) is 0 Å². The molecule has 154 valence electrons. The Morgan fingerprint density at radius 1 is 0.857 bits per heavy atom. The standard InChI is InChI=1S/C21H26Br2O5/c22-10-12-24-13-14-25-19-7-3-6-18-17(19)5-4-8-20(18)26-15-16-28-21(23)9-1-2-11-27-21/h3-8H,1-2,9-16H2. The van der Waals surface area contributed by atoms with E-state index in [1.165, 1.54) is 0 Å². The van der Waals surface area contributed by atoms with Gasteiger partial charge in [0, 0.05) is 22.5 Å². The summed E-state index contributed by atoms with van der Waals surface area (Å²) in [7, 11) is 0. The summed E-state index contributed by atoms with van der Waals surface area (Å²) in [6.45, 7) is 3.37. The Labute approximate surface area is 182 Å². The largest absolute Gasteiger partial charge is 0.491 e. The van der Waals surface area contributed by atoms with Crippen molar-refractivity contribution in [2.75, 3.05) is 45.0 Å². The third kappa shape index (κ3) is 6.32. The van der Waals surface area contributed by atoms with Crippen LogP contribution in [-0.2, 0) is 14.2 Å². The van der Waals surface area contributed by atoms with Crippen LogP contribution < -0.4 is 9.47 Å². The molecule has 0 saturated carbocycles. The molecule has 3 rings (SSSR count). The number of hydrogen-bond donors (Lipinski definition) is 0. The molecule has 1 aliphatic heterocycles. The summed E-state index contributed by atoms with van der Waals surface area (Å²) in [6.07, 6.45) is 3.02. The number of rotatable bonds is 11. The number of fused-ring (bicyclic) bond motifs is 1. The lowest BCUT2D eigenvalue weighted by molar-refractivity contribution is -0.188. The van der Waals surface area contributed by atoms with Gasteiger partial charge in [-0.05, 0) is 40.9 Å². The van der Waals surface area contributed by atoms with Gasteiger partial charge in [0.2, 0.25) is 4.70 Å². The van der Waals surface area contributed by atoms with E-state index in [-0.39, 0.29) is 0 Å². The Hall–Kier alpha value is -0.860. The number of alkyl halides is 2. The van der Waals surface area contributed by atoms with Gasteiger partial charge in [-0.3, -0.25) is 0 Å². The highest BCUT2D eigenvalue weighted by atomic mass is 79.9. The van der Waals surface area contributed by atoms with Crippen LogP contribution in [0, 0.1) is 0 Å². The van der Waals surface area contributed by atoms with Crippen LogP contribution in [0.1, 0.15) is 19.3 Å². The molecule has 28 heavy (non-hydrogen) atoms. The first-order valence-electron chi connectivity index (χ1n) is 9.60. The summed E-state index contributed by atoms with van der Waals surface area (Å²) in [5.74, 6) is 1.65. The fourth-order valence-electron chi connectivity index (χ4n) is 3.07. The lowest BCUT2D eigenvalue weighted by Crippen LogP contribution is -2.34. The molecule has 0 spiro atoms. The van der Waals surface area contributed by atoms with Crippen LogP contribution in [0.25, 0.3) is 10.8 Å². The van der Waals surface area contributed by atoms with Crippen molar-refractivity contribution in [3.8, 4) is 11.5 Å². The smallest absolute Gasteiger partial charge is 0.226 e. The van der Waals surface area contributed by atoms with E-state index in [0.717, 1.165) is 53.5 Å². The maximum atomic E-state index is 5.98. The highest BCUT2D eigenvalue weighted by Crippen LogP contribution is 2.33. The molecular formula is C21H26Br2O5. The van der Waals surface area contributed by atoms with Crippen LogP contribution >= 0.6 is 31.9 Å². The first-order chi connectivity index (χ1) is 13.7. The SMILES string of the molecule is BrCCOCCOc1cccc2c(OCCOC3(Br)CCCCO3)cccc12. The first kappa shape index (κ1) is 21.8. The molecule has 0 bridgehead atoms. The van der Waals surface area contributed by atoms with Crippen molar-refractivity contribution < 1.29 is 23.7 Å². The Kier molecular flexibility index (Phi) is 8.86. The second kappa shape index (κ2) is 11.4. The highest BCUT2D eigenvalue weighted by molar-refractivity contribution is 9.10. The van der Waals surface area contributed by atoms with E-state index in [2.05, 4.69) is 31.9 Å². The minimum atomic E-state index is -0.661. The quantitative estimate of drug-likeness (QED) is 0.300. The predicted octanol–water partition coefficient (Wildman–Crippen LogP) is 5.27. The average Bonchev–Trinajstić information content (AvgIpc) is 2.72. The minimum absolute atomic E-state index is 0.446. The highest BCUT2D eigenvalue weighted by Gasteiger charge is 2.30. The monoisotopic (exact) mass is 516 g/mol. The number of ether oxygens (including phenoxy) is 5. The molecule has 0 aliphatic carbocycles. The van der Waals surface area contributed by atoms with Crippen LogP contribution in [0.5, 0.6) is 11.5 Å². The van der Waals surface area contributed by atoms with Crippen LogP contribution in [0.3, 0.4) is 0 Å². The molecule has 5 nitrogen and oxygen atoms in total. The van der Waals surface area contributed by atoms with Crippen molar-refractivity contribution in [1.82, 2.24) is 0 Å². The normalized spacial score (nSPS) is 19.6. The molecule has 1 saturated heterocycles. The van der Waals surface area contributed by atoms with Gasteiger partial charge in [0.1, 0.15) is 24.7 Å². The van der Waals surface area contributed by atoms with Gasteiger partial charge < -0.3 is 23.7 Å². The van der Waals surface area contributed by atoms with Gasteiger partial charge in [-0.15, -0.1) is 0 Å². The summed E-state index contributed by atoms with van der Waals surface area (Å²) in [6, 6.07) is 12.0. The minimum Gasteiger partial charge on any atom is -0.491 e. The number of halogens is 2. The van der Waals surface area contributed by atoms with Crippen LogP contribution in [0.4, 0.5) is 0 Å². The second-order valence-corrected chi connectivity index (χ2v) is 8.42. The van der Waals surface area contributed by atoms with Crippen LogP contribution in [0.2, 0.25) is 0 Å². The van der Waals surface area contributed by atoms with Crippen molar-refractivity contribution in [2.45, 2.75) is 24.0 Å². The van der Waals surface area contributed by atoms with E-state index >= 15 is 0 Å². The van der Waals surface area contributed by atoms with Crippen molar-refractivity contribution >= 4 is 42.6 Å². The second-order valence-electron chi connectivity index (χ2n) is 6.42. The molecule has 1 aliphatic rings. The lowest BCUT2D eigenvalue weighted by atomic mass is 10.1. The van der Waals surface area contributed by atoms with Gasteiger partial charge >= 0.3 is 0 Å². The molecule has 1 unspecified atom stereocenters. The van der Waals surface area contributed by atoms with Crippen molar-refractivity contribution in [2.24, 2.45) is 0 Å². The predicted molar refractivity (Wildman–Crippen MR) is 117 cm³/mol. The fraction of sp³-hybridized carbons (Fsp3) is 0.524. The third-order valence-electron chi connectivity index (χ3n) is 4.39. The van der Waals surface area contributed by atoms with Crippen molar-refractivity contribution in [3.05, 3.63) is 36.4 Å². The number of hydrogen-bond acceptors (Lipinski definition) is 5. The Morgan fingerprint density at radius 2 is 1.54 bits per heavy atom. The molecule has 7 heteroatoms. The zero-order chi connectivity index (χ0) is 19.7. The molecule has 0 radical (unpaired) electrons. The van der Waals surface area contributed by atoms with Gasteiger partial charge in [-0.25, -0.2) is 0 Å². The fourth-order valence-corrected chi connectivity index (χ4v) is 3.90. The molecule has 2 aromatic carbocycles. The number of benzene rings is 2. The van der Waals surface area contributed by atoms with E-state index in [0.29, 0.717) is 33.0 Å². The molecule has 0 amide bonds.